The number of hydrogen-bond donors (Lipinski definition) is 2. The highest BCUT2D eigenvalue weighted by molar-refractivity contribution is 14.0. The number of likely N-dealkylation sites (tertiary alicyclic amines) is 2. The van der Waals surface area contributed by atoms with Gasteiger partial charge >= 0.3 is 0 Å². The van der Waals surface area contributed by atoms with Crippen LogP contribution in [0.2, 0.25) is 0 Å². The minimum atomic E-state index is 0. The Morgan fingerprint density at radius 1 is 1.07 bits per heavy atom. The Labute approximate surface area is 188 Å². The molecule has 5 nitrogen and oxygen atoms in total. The molecule has 2 aliphatic heterocycles. The summed E-state index contributed by atoms with van der Waals surface area (Å²) in [6.45, 7) is 9.65. The standard InChI is InChI=1S/C22H37N5.HI/c1-3-23-22(24-16-19-11-14-26(2)15-12-19)25-17-21-10-7-13-27(21)18-20-8-5-4-6-9-20;/h4-6,8-9,19,21H,3,7,10-18H2,1-2H3,(H2,23,24,25);1H. The Bertz CT molecular complexity index is 572. The Morgan fingerprint density at radius 3 is 2.54 bits per heavy atom. The third-order valence-corrected chi connectivity index (χ3v) is 5.92. The van der Waals surface area contributed by atoms with Crippen LogP contribution in [0, 0.1) is 5.92 Å². The molecule has 2 fully saturated rings. The molecule has 28 heavy (non-hydrogen) atoms. The van der Waals surface area contributed by atoms with E-state index in [1.807, 2.05) is 0 Å². The highest BCUT2D eigenvalue weighted by atomic mass is 127. The molecule has 6 heteroatoms. The van der Waals surface area contributed by atoms with Gasteiger partial charge in [-0.25, -0.2) is 0 Å². The van der Waals surface area contributed by atoms with Crippen LogP contribution in [-0.4, -0.2) is 68.1 Å². The van der Waals surface area contributed by atoms with Crippen molar-refractivity contribution in [1.29, 1.82) is 0 Å². The summed E-state index contributed by atoms with van der Waals surface area (Å²) < 4.78 is 0. The van der Waals surface area contributed by atoms with Gasteiger partial charge in [-0.15, -0.1) is 24.0 Å². The van der Waals surface area contributed by atoms with Crippen LogP contribution in [-0.2, 0) is 6.54 Å². The third kappa shape index (κ3) is 7.52. The van der Waals surface area contributed by atoms with Crippen LogP contribution < -0.4 is 10.6 Å². The minimum Gasteiger partial charge on any atom is -0.357 e. The Hall–Kier alpha value is -0.860. The molecule has 2 saturated heterocycles. The summed E-state index contributed by atoms with van der Waals surface area (Å²) in [6.07, 6.45) is 5.11. The van der Waals surface area contributed by atoms with E-state index in [1.165, 1.54) is 50.9 Å². The first-order valence-electron chi connectivity index (χ1n) is 10.7. The molecule has 1 atom stereocenters. The van der Waals surface area contributed by atoms with Crippen molar-refractivity contribution in [2.75, 3.05) is 46.3 Å². The SMILES string of the molecule is CCNC(=NCC1CCN(C)CC1)NCC1CCCN1Cc1ccccc1.I. The van der Waals surface area contributed by atoms with Crippen molar-refractivity contribution in [1.82, 2.24) is 20.4 Å². The maximum atomic E-state index is 4.89. The van der Waals surface area contributed by atoms with Gasteiger partial charge in [-0.3, -0.25) is 9.89 Å². The van der Waals surface area contributed by atoms with Crippen LogP contribution >= 0.6 is 24.0 Å². The molecule has 0 aromatic heterocycles. The highest BCUT2D eigenvalue weighted by Crippen LogP contribution is 2.19. The first-order chi connectivity index (χ1) is 13.2. The molecule has 2 heterocycles. The molecule has 0 spiro atoms. The topological polar surface area (TPSA) is 42.9 Å². The Morgan fingerprint density at radius 2 is 1.82 bits per heavy atom. The molecule has 158 valence electrons. The maximum absolute atomic E-state index is 4.89. The van der Waals surface area contributed by atoms with Gasteiger partial charge in [0.15, 0.2) is 5.96 Å². The van der Waals surface area contributed by atoms with E-state index in [1.54, 1.807) is 0 Å². The fourth-order valence-corrected chi connectivity index (χ4v) is 4.17. The molecular formula is C22H38IN5. The zero-order chi connectivity index (χ0) is 18.9. The van der Waals surface area contributed by atoms with Crippen molar-refractivity contribution in [2.45, 2.75) is 45.2 Å². The molecule has 3 rings (SSSR count). The second-order valence-corrected chi connectivity index (χ2v) is 8.10. The zero-order valence-electron chi connectivity index (χ0n) is 17.6. The summed E-state index contributed by atoms with van der Waals surface area (Å²) in [6, 6.07) is 11.4. The van der Waals surface area contributed by atoms with Crippen molar-refractivity contribution in [3.8, 4) is 0 Å². The Balaban J connectivity index is 0.00000280. The lowest BCUT2D eigenvalue weighted by atomic mass is 9.97. The lowest BCUT2D eigenvalue weighted by molar-refractivity contribution is 0.223. The minimum absolute atomic E-state index is 0. The van der Waals surface area contributed by atoms with Crippen molar-refractivity contribution >= 4 is 29.9 Å². The van der Waals surface area contributed by atoms with Crippen LogP contribution in [0.25, 0.3) is 0 Å². The summed E-state index contributed by atoms with van der Waals surface area (Å²) in [5.41, 5.74) is 1.41. The van der Waals surface area contributed by atoms with Crippen molar-refractivity contribution in [3.63, 3.8) is 0 Å². The van der Waals surface area contributed by atoms with E-state index in [0.29, 0.717) is 6.04 Å². The molecule has 2 N–H and O–H groups in total. The molecule has 1 unspecified atom stereocenters. The summed E-state index contributed by atoms with van der Waals surface area (Å²) in [4.78, 5) is 9.93. The summed E-state index contributed by atoms with van der Waals surface area (Å²) in [5, 5.41) is 7.04. The molecule has 0 amide bonds. The number of aliphatic imine (C=N–C) groups is 1. The van der Waals surface area contributed by atoms with E-state index in [-0.39, 0.29) is 24.0 Å². The molecular weight excluding hydrogens is 461 g/mol. The normalized spacial score (nSPS) is 22.1. The number of guanidine groups is 1. The number of benzene rings is 1. The van der Waals surface area contributed by atoms with E-state index in [4.69, 9.17) is 4.99 Å². The van der Waals surface area contributed by atoms with Crippen LogP contribution in [0.5, 0.6) is 0 Å². The van der Waals surface area contributed by atoms with Crippen molar-refractivity contribution in [3.05, 3.63) is 35.9 Å². The van der Waals surface area contributed by atoms with Crippen LogP contribution in [0.4, 0.5) is 0 Å². The second-order valence-electron chi connectivity index (χ2n) is 8.10. The number of nitrogens with one attached hydrogen (secondary N) is 2. The average molecular weight is 499 g/mol. The zero-order valence-corrected chi connectivity index (χ0v) is 19.9. The molecule has 0 bridgehead atoms. The summed E-state index contributed by atoms with van der Waals surface area (Å²) in [7, 11) is 2.22. The van der Waals surface area contributed by atoms with Gasteiger partial charge in [0.1, 0.15) is 0 Å². The van der Waals surface area contributed by atoms with Gasteiger partial charge in [0.25, 0.3) is 0 Å². The van der Waals surface area contributed by atoms with E-state index in [0.717, 1.165) is 38.1 Å². The maximum Gasteiger partial charge on any atom is 0.191 e. The fourth-order valence-electron chi connectivity index (χ4n) is 4.17. The van der Waals surface area contributed by atoms with Gasteiger partial charge in [0, 0.05) is 32.2 Å². The molecule has 1 aromatic rings. The second kappa shape index (κ2) is 12.6. The van der Waals surface area contributed by atoms with Gasteiger partial charge in [0.2, 0.25) is 0 Å². The number of hydrogen-bond acceptors (Lipinski definition) is 3. The quantitative estimate of drug-likeness (QED) is 0.344. The molecule has 1 aromatic carbocycles. The number of rotatable bonds is 7. The molecule has 2 aliphatic rings. The molecule has 0 radical (unpaired) electrons. The van der Waals surface area contributed by atoms with Crippen LogP contribution in [0.1, 0.15) is 38.2 Å². The Kier molecular flexibility index (Phi) is 10.6. The first kappa shape index (κ1) is 23.4. The molecule has 0 aliphatic carbocycles. The number of nitrogens with zero attached hydrogens (tertiary/aromatic N) is 3. The third-order valence-electron chi connectivity index (χ3n) is 5.92. The van der Waals surface area contributed by atoms with Gasteiger partial charge in [-0.1, -0.05) is 30.3 Å². The van der Waals surface area contributed by atoms with E-state index in [9.17, 15) is 0 Å². The van der Waals surface area contributed by atoms with Crippen LogP contribution in [0.15, 0.2) is 35.3 Å². The lowest BCUT2D eigenvalue weighted by Crippen LogP contribution is -2.45. The van der Waals surface area contributed by atoms with Crippen LogP contribution in [0.3, 0.4) is 0 Å². The largest absolute Gasteiger partial charge is 0.357 e. The average Bonchev–Trinajstić information content (AvgIpc) is 3.13. The van der Waals surface area contributed by atoms with Gasteiger partial charge in [0.05, 0.1) is 0 Å². The van der Waals surface area contributed by atoms with Crippen molar-refractivity contribution in [2.24, 2.45) is 10.9 Å². The lowest BCUT2D eigenvalue weighted by Gasteiger charge is -2.28. The van der Waals surface area contributed by atoms with Gasteiger partial charge < -0.3 is 15.5 Å². The predicted octanol–water partition coefficient (Wildman–Crippen LogP) is 3.17. The first-order valence-corrected chi connectivity index (χ1v) is 10.7. The molecule has 0 saturated carbocycles. The van der Waals surface area contributed by atoms with E-state index < -0.39 is 0 Å². The smallest absolute Gasteiger partial charge is 0.191 e. The van der Waals surface area contributed by atoms with Crippen molar-refractivity contribution < 1.29 is 0 Å². The summed E-state index contributed by atoms with van der Waals surface area (Å²) in [5.74, 6) is 1.72. The highest BCUT2D eigenvalue weighted by Gasteiger charge is 2.24. The van der Waals surface area contributed by atoms with Gasteiger partial charge in [-0.05, 0) is 70.8 Å². The monoisotopic (exact) mass is 499 g/mol. The fraction of sp³-hybridized carbons (Fsp3) is 0.682. The summed E-state index contributed by atoms with van der Waals surface area (Å²) >= 11 is 0. The van der Waals surface area contributed by atoms with E-state index >= 15 is 0 Å². The predicted molar refractivity (Wildman–Crippen MR) is 129 cm³/mol. The van der Waals surface area contributed by atoms with Gasteiger partial charge in [-0.2, -0.15) is 0 Å². The van der Waals surface area contributed by atoms with E-state index in [2.05, 4.69) is 64.7 Å². The number of piperidine rings is 1. The number of halogens is 1.